The zero-order valence-electron chi connectivity index (χ0n) is 11.2. The Morgan fingerprint density at radius 2 is 2.14 bits per heavy atom. The average Bonchev–Trinajstić information content (AvgIpc) is 2.44. The fourth-order valence-corrected chi connectivity index (χ4v) is 2.36. The number of carbonyl (C=O) groups is 1. The van der Waals surface area contributed by atoms with Gasteiger partial charge >= 0.3 is 0 Å². The molecular formula is C11H16N2O7S. The summed E-state index contributed by atoms with van der Waals surface area (Å²) in [4.78, 5) is 23.6. The highest BCUT2D eigenvalue weighted by atomic mass is 32.2. The van der Waals surface area contributed by atoms with E-state index in [4.69, 9.17) is 16.1 Å². The van der Waals surface area contributed by atoms with Crippen LogP contribution >= 0.6 is 12.0 Å². The number of aromatic hydroxyl groups is 1. The number of aromatic nitrogens is 1. The Morgan fingerprint density at radius 3 is 2.67 bits per heavy atom. The predicted molar refractivity (Wildman–Crippen MR) is 73.7 cm³/mol. The van der Waals surface area contributed by atoms with Crippen molar-refractivity contribution < 1.29 is 29.6 Å². The van der Waals surface area contributed by atoms with Crippen LogP contribution in [0.15, 0.2) is 4.79 Å². The molecule has 0 saturated heterocycles. The van der Waals surface area contributed by atoms with Crippen molar-refractivity contribution in [2.24, 2.45) is 5.73 Å². The van der Waals surface area contributed by atoms with Crippen molar-refractivity contribution in [1.29, 1.82) is 0 Å². The standard InChI is InChI=1S/C11H16N2O7S/c1-6-7(2-5-21-20-19-18)8(9(12)15)11(17)13(3-4-14)10(6)16/h14,17-18H,2-5H2,1H3,(H2,12,15). The summed E-state index contributed by atoms with van der Waals surface area (Å²) in [6, 6.07) is 0. The molecule has 0 aliphatic carbocycles. The Kier molecular flexibility index (Phi) is 6.65. The number of rotatable bonds is 8. The number of aliphatic hydroxyl groups is 1. The molecule has 1 aromatic heterocycles. The van der Waals surface area contributed by atoms with Crippen molar-refractivity contribution in [2.75, 3.05) is 12.4 Å². The minimum absolute atomic E-state index is 0.151. The fourth-order valence-electron chi connectivity index (χ4n) is 1.96. The van der Waals surface area contributed by atoms with Gasteiger partial charge in [-0.25, -0.2) is 5.26 Å². The first-order valence-electron chi connectivity index (χ1n) is 5.91. The van der Waals surface area contributed by atoms with Crippen molar-refractivity contribution in [3.05, 3.63) is 27.0 Å². The maximum atomic E-state index is 12.1. The first-order valence-corrected chi connectivity index (χ1v) is 6.82. The van der Waals surface area contributed by atoms with Gasteiger partial charge in [0.1, 0.15) is 5.56 Å². The van der Waals surface area contributed by atoms with Gasteiger partial charge in [-0.05, 0) is 18.9 Å². The van der Waals surface area contributed by atoms with E-state index >= 15 is 0 Å². The molecule has 1 heterocycles. The van der Waals surface area contributed by atoms with Crippen LogP contribution in [0, 0.1) is 6.92 Å². The fraction of sp³-hybridized carbons (Fsp3) is 0.455. The lowest BCUT2D eigenvalue weighted by Gasteiger charge is -2.16. The SMILES string of the molecule is Cc1c(CCSOOO)c(C(N)=O)c(O)n(CCO)c1=O. The second kappa shape index (κ2) is 8.00. The molecule has 0 aliphatic rings. The van der Waals surface area contributed by atoms with Gasteiger partial charge in [-0.1, -0.05) is 5.04 Å². The van der Waals surface area contributed by atoms with E-state index in [0.29, 0.717) is 0 Å². The third kappa shape index (κ3) is 3.95. The van der Waals surface area contributed by atoms with E-state index in [0.717, 1.165) is 16.6 Å². The number of pyridine rings is 1. The number of carbonyl (C=O) groups excluding carboxylic acids is 1. The normalized spacial score (nSPS) is 10.8. The number of aliphatic hydroxyl groups excluding tert-OH is 1. The van der Waals surface area contributed by atoms with Gasteiger partial charge in [0.15, 0.2) is 0 Å². The molecule has 1 rings (SSSR count). The molecule has 0 unspecified atom stereocenters. The molecule has 0 radical (unpaired) electrons. The highest BCUT2D eigenvalue weighted by Gasteiger charge is 2.22. The second-order valence-corrected chi connectivity index (χ2v) is 4.84. The molecule has 0 atom stereocenters. The third-order valence-electron chi connectivity index (χ3n) is 2.88. The van der Waals surface area contributed by atoms with E-state index in [1.165, 1.54) is 6.92 Å². The maximum absolute atomic E-state index is 12.1. The van der Waals surface area contributed by atoms with E-state index in [-0.39, 0.29) is 42.0 Å². The Balaban J connectivity index is 3.28. The number of amides is 1. The van der Waals surface area contributed by atoms with Gasteiger partial charge in [0.25, 0.3) is 11.5 Å². The summed E-state index contributed by atoms with van der Waals surface area (Å²) < 4.78 is 5.08. The minimum Gasteiger partial charge on any atom is -0.494 e. The number of nitrogens with two attached hydrogens (primary N) is 1. The van der Waals surface area contributed by atoms with E-state index in [9.17, 15) is 14.7 Å². The predicted octanol–water partition coefficient (Wildman–Crippen LogP) is -0.435. The van der Waals surface area contributed by atoms with Crippen LogP contribution in [0.4, 0.5) is 0 Å². The Labute approximate surface area is 124 Å². The summed E-state index contributed by atoms with van der Waals surface area (Å²) in [6.45, 7) is 0.968. The third-order valence-corrected chi connectivity index (χ3v) is 3.41. The number of primary amides is 1. The molecule has 1 aromatic rings. The van der Waals surface area contributed by atoms with Crippen molar-refractivity contribution in [2.45, 2.75) is 19.9 Å². The monoisotopic (exact) mass is 320 g/mol. The van der Waals surface area contributed by atoms with Crippen LogP contribution in [0.5, 0.6) is 5.88 Å². The van der Waals surface area contributed by atoms with Gasteiger partial charge in [-0.15, -0.1) is 4.33 Å². The molecule has 9 nitrogen and oxygen atoms in total. The van der Waals surface area contributed by atoms with Crippen LogP contribution in [-0.2, 0) is 22.3 Å². The smallest absolute Gasteiger partial charge is 0.256 e. The zero-order chi connectivity index (χ0) is 16.0. The van der Waals surface area contributed by atoms with Gasteiger partial charge in [-0.2, -0.15) is 0 Å². The summed E-state index contributed by atoms with van der Waals surface area (Å²) in [6.07, 6.45) is 0.181. The summed E-state index contributed by atoms with van der Waals surface area (Å²) >= 11 is 0.749. The molecule has 0 aliphatic heterocycles. The molecule has 21 heavy (non-hydrogen) atoms. The maximum Gasteiger partial charge on any atom is 0.256 e. The van der Waals surface area contributed by atoms with Crippen molar-refractivity contribution in [1.82, 2.24) is 4.57 Å². The molecule has 0 spiro atoms. The average molecular weight is 320 g/mol. The molecule has 0 bridgehead atoms. The topological polar surface area (TPSA) is 144 Å². The Hall–Kier alpha value is -1.59. The zero-order valence-corrected chi connectivity index (χ0v) is 12.1. The molecule has 5 N–H and O–H groups in total. The number of hydrogen-bond donors (Lipinski definition) is 4. The lowest BCUT2D eigenvalue weighted by molar-refractivity contribution is -0.432. The van der Waals surface area contributed by atoms with Crippen molar-refractivity contribution >= 4 is 17.9 Å². The van der Waals surface area contributed by atoms with Crippen molar-refractivity contribution in [3.8, 4) is 5.88 Å². The Morgan fingerprint density at radius 1 is 1.48 bits per heavy atom. The van der Waals surface area contributed by atoms with E-state index in [1.54, 1.807) is 0 Å². The van der Waals surface area contributed by atoms with Crippen LogP contribution in [0.1, 0.15) is 21.5 Å². The van der Waals surface area contributed by atoms with Gasteiger partial charge in [0.05, 0.1) is 13.2 Å². The van der Waals surface area contributed by atoms with Crippen LogP contribution < -0.4 is 11.3 Å². The lowest BCUT2D eigenvalue weighted by atomic mass is 10.0. The van der Waals surface area contributed by atoms with E-state index < -0.39 is 17.3 Å². The summed E-state index contributed by atoms with van der Waals surface area (Å²) in [7, 11) is 0. The van der Waals surface area contributed by atoms with Crippen LogP contribution in [0.3, 0.4) is 0 Å². The van der Waals surface area contributed by atoms with Gasteiger partial charge in [-0.3, -0.25) is 14.2 Å². The number of nitrogens with zero attached hydrogens (tertiary/aromatic N) is 1. The van der Waals surface area contributed by atoms with E-state index in [2.05, 4.69) is 9.37 Å². The second-order valence-electron chi connectivity index (χ2n) is 4.06. The molecule has 0 aromatic carbocycles. The van der Waals surface area contributed by atoms with Crippen LogP contribution in [0.2, 0.25) is 0 Å². The molecule has 10 heteroatoms. The quantitative estimate of drug-likeness (QED) is 0.218. The Bertz CT molecular complexity index is 573. The van der Waals surface area contributed by atoms with Crippen LogP contribution in [-0.4, -0.2) is 38.3 Å². The van der Waals surface area contributed by atoms with Crippen molar-refractivity contribution in [3.63, 3.8) is 0 Å². The van der Waals surface area contributed by atoms with E-state index in [1.807, 2.05) is 0 Å². The van der Waals surface area contributed by atoms with Crippen LogP contribution in [0.25, 0.3) is 0 Å². The molecule has 0 fully saturated rings. The lowest BCUT2D eigenvalue weighted by Crippen LogP contribution is -2.29. The van der Waals surface area contributed by atoms with Gasteiger partial charge in [0, 0.05) is 23.4 Å². The highest BCUT2D eigenvalue weighted by Crippen LogP contribution is 2.23. The molecule has 0 saturated carbocycles. The highest BCUT2D eigenvalue weighted by molar-refractivity contribution is 7.94. The van der Waals surface area contributed by atoms with Gasteiger partial charge < -0.3 is 15.9 Å². The first kappa shape index (κ1) is 17.5. The largest absolute Gasteiger partial charge is 0.494 e. The first-order chi connectivity index (χ1) is 9.95. The molecular weight excluding hydrogens is 304 g/mol. The minimum atomic E-state index is -0.887. The number of hydrogen-bond acceptors (Lipinski definition) is 8. The summed E-state index contributed by atoms with van der Waals surface area (Å²) in [5, 5.41) is 30.4. The molecule has 118 valence electrons. The van der Waals surface area contributed by atoms with Gasteiger partial charge in [0.2, 0.25) is 5.88 Å². The summed E-state index contributed by atoms with van der Waals surface area (Å²) in [5.41, 5.74) is 5.08. The molecule has 1 amide bonds. The summed E-state index contributed by atoms with van der Waals surface area (Å²) in [5.74, 6) is -1.22.